The molecule has 3 heteroatoms. The van der Waals surface area contributed by atoms with Crippen LogP contribution in [0.1, 0.15) is 4.88 Å². The van der Waals surface area contributed by atoms with Crippen LogP contribution in [0.3, 0.4) is 0 Å². The summed E-state index contributed by atoms with van der Waals surface area (Å²) in [5, 5.41) is 4.15. The van der Waals surface area contributed by atoms with E-state index >= 15 is 0 Å². The van der Waals surface area contributed by atoms with Crippen molar-refractivity contribution in [1.82, 2.24) is 5.32 Å². The van der Waals surface area contributed by atoms with Crippen molar-refractivity contribution < 1.29 is 0 Å². The van der Waals surface area contributed by atoms with Crippen molar-refractivity contribution in [2.45, 2.75) is 0 Å². The molecule has 1 aromatic rings. The Morgan fingerprint density at radius 2 is 2.27 bits per heavy atom. The van der Waals surface area contributed by atoms with Gasteiger partial charge in [-0.15, -0.1) is 11.3 Å². The molecule has 0 aliphatic carbocycles. The van der Waals surface area contributed by atoms with E-state index in [9.17, 15) is 0 Å². The second-order valence-corrected chi connectivity index (χ2v) is 3.84. The monoisotopic (exact) mass is 182 g/mol. The Morgan fingerprint density at radius 3 is 2.82 bits per heavy atom. The van der Waals surface area contributed by atoms with Gasteiger partial charge < -0.3 is 0 Å². The summed E-state index contributed by atoms with van der Waals surface area (Å²) in [5.74, 6) is 0. The van der Waals surface area contributed by atoms with Gasteiger partial charge in [-0.2, -0.15) is 0 Å². The minimum absolute atomic E-state index is 0.808. The summed E-state index contributed by atoms with van der Waals surface area (Å²) in [7, 11) is 0. The van der Waals surface area contributed by atoms with Crippen molar-refractivity contribution in [3.63, 3.8) is 0 Å². The number of hydrogen-bond donors (Lipinski definition) is 0. The van der Waals surface area contributed by atoms with Crippen molar-refractivity contribution >= 4 is 28.6 Å². The van der Waals surface area contributed by atoms with Gasteiger partial charge in [-0.3, -0.25) is 5.32 Å². The molecular weight excluding hydrogens is 178 g/mol. The third kappa shape index (κ3) is 1.32. The molecule has 0 unspecified atom stereocenters. The molecular formula is C8H5ClNS. The van der Waals surface area contributed by atoms with E-state index in [2.05, 4.69) is 5.32 Å². The van der Waals surface area contributed by atoms with E-state index in [1.165, 1.54) is 0 Å². The van der Waals surface area contributed by atoms with E-state index < -0.39 is 0 Å². The van der Waals surface area contributed by atoms with Gasteiger partial charge in [-0.1, -0.05) is 11.6 Å². The van der Waals surface area contributed by atoms with Gasteiger partial charge in [0.2, 0.25) is 0 Å². The fraction of sp³-hybridized carbons (Fsp3) is 0. The molecule has 1 nitrogen and oxygen atoms in total. The predicted octanol–water partition coefficient (Wildman–Crippen LogP) is 2.87. The molecule has 0 fully saturated rings. The average molecular weight is 183 g/mol. The average Bonchev–Trinajstić information content (AvgIpc) is 2.55. The summed E-state index contributed by atoms with van der Waals surface area (Å²) in [6, 6.07) is 3.87. The highest BCUT2D eigenvalue weighted by molar-refractivity contribution is 7.17. The van der Waals surface area contributed by atoms with Gasteiger partial charge in [0, 0.05) is 6.20 Å². The lowest BCUT2D eigenvalue weighted by atomic mass is 10.3. The Bertz CT molecular complexity index is 325. The predicted molar refractivity (Wildman–Crippen MR) is 48.6 cm³/mol. The van der Waals surface area contributed by atoms with Crippen LogP contribution in [0.15, 0.2) is 30.5 Å². The number of thiophene rings is 1. The third-order valence-electron chi connectivity index (χ3n) is 1.38. The van der Waals surface area contributed by atoms with Gasteiger partial charge in [0.05, 0.1) is 14.9 Å². The molecule has 2 heterocycles. The molecule has 0 saturated carbocycles. The fourth-order valence-electron chi connectivity index (χ4n) is 0.898. The summed E-state index contributed by atoms with van der Waals surface area (Å²) in [6.45, 7) is 0. The number of rotatable bonds is 1. The van der Waals surface area contributed by atoms with Gasteiger partial charge >= 0.3 is 0 Å². The highest BCUT2D eigenvalue weighted by Gasteiger charge is 2.05. The van der Waals surface area contributed by atoms with Gasteiger partial charge in [0.1, 0.15) is 0 Å². The Labute approximate surface area is 74.0 Å². The maximum absolute atomic E-state index is 5.77. The van der Waals surface area contributed by atoms with Gasteiger partial charge in [-0.05, 0) is 24.3 Å². The molecule has 1 radical (unpaired) electrons. The fourth-order valence-corrected chi connectivity index (χ4v) is 1.92. The summed E-state index contributed by atoms with van der Waals surface area (Å²) >= 11 is 7.32. The van der Waals surface area contributed by atoms with Crippen LogP contribution in [-0.2, 0) is 0 Å². The molecule has 1 aromatic heterocycles. The maximum Gasteiger partial charge on any atom is 0.0935 e. The molecule has 11 heavy (non-hydrogen) atoms. The lowest BCUT2D eigenvalue weighted by Crippen LogP contribution is -1.86. The summed E-state index contributed by atoms with van der Waals surface area (Å²) in [4.78, 5) is 1.13. The first-order valence-electron chi connectivity index (χ1n) is 3.20. The first kappa shape index (κ1) is 6.95. The van der Waals surface area contributed by atoms with Crippen LogP contribution < -0.4 is 5.32 Å². The highest BCUT2D eigenvalue weighted by Crippen LogP contribution is 2.27. The Kier molecular flexibility index (Phi) is 1.72. The molecule has 0 spiro atoms. The largest absolute Gasteiger partial charge is 0.255 e. The molecule has 0 atom stereocenters. The molecule has 1 aliphatic rings. The van der Waals surface area contributed by atoms with Gasteiger partial charge in [-0.25, -0.2) is 0 Å². The van der Waals surface area contributed by atoms with Crippen LogP contribution in [-0.4, -0.2) is 0 Å². The normalized spacial score (nSPS) is 14.8. The zero-order chi connectivity index (χ0) is 7.68. The van der Waals surface area contributed by atoms with E-state index in [1.807, 2.05) is 24.3 Å². The topological polar surface area (TPSA) is 14.1 Å². The molecule has 0 N–H and O–H groups in total. The summed E-state index contributed by atoms with van der Waals surface area (Å²) < 4.78 is 0.808. The van der Waals surface area contributed by atoms with Crippen LogP contribution in [0, 0.1) is 0 Å². The molecule has 2 rings (SSSR count). The van der Waals surface area contributed by atoms with Crippen molar-refractivity contribution in [1.29, 1.82) is 0 Å². The van der Waals surface area contributed by atoms with Crippen molar-refractivity contribution in [2.75, 3.05) is 0 Å². The molecule has 0 amide bonds. The van der Waals surface area contributed by atoms with Crippen LogP contribution in [0.5, 0.6) is 0 Å². The smallest absolute Gasteiger partial charge is 0.0935 e. The first-order valence-corrected chi connectivity index (χ1v) is 4.39. The summed E-state index contributed by atoms with van der Waals surface area (Å²) in [6.07, 6.45) is 5.67. The standard InChI is InChI=1S/C8H5ClNS/c9-8-4-3-7(11-8)6-2-1-5-10-6/h1-5H. The second-order valence-electron chi connectivity index (χ2n) is 2.13. The van der Waals surface area contributed by atoms with E-state index in [0.29, 0.717) is 0 Å². The minimum atomic E-state index is 0.808. The second kappa shape index (κ2) is 2.72. The Balaban J connectivity index is 2.30. The van der Waals surface area contributed by atoms with E-state index in [1.54, 1.807) is 17.5 Å². The SMILES string of the molecule is Clc1ccc(C2=CC=C[N]2)s1. The first-order chi connectivity index (χ1) is 5.36. The zero-order valence-electron chi connectivity index (χ0n) is 5.62. The number of allylic oxidation sites excluding steroid dienone is 2. The van der Waals surface area contributed by atoms with E-state index in [-0.39, 0.29) is 0 Å². The lowest BCUT2D eigenvalue weighted by molar-refractivity contribution is 1.24. The molecule has 55 valence electrons. The van der Waals surface area contributed by atoms with E-state index in [4.69, 9.17) is 11.6 Å². The Morgan fingerprint density at radius 1 is 1.36 bits per heavy atom. The minimum Gasteiger partial charge on any atom is -0.255 e. The van der Waals surface area contributed by atoms with E-state index in [0.717, 1.165) is 14.9 Å². The third-order valence-corrected chi connectivity index (χ3v) is 2.63. The number of hydrogen-bond acceptors (Lipinski definition) is 1. The summed E-state index contributed by atoms with van der Waals surface area (Å²) in [5.41, 5.74) is 1.00. The van der Waals surface area contributed by atoms with Crippen molar-refractivity contribution in [3.05, 3.63) is 39.7 Å². The van der Waals surface area contributed by atoms with Gasteiger partial charge in [0.15, 0.2) is 0 Å². The molecule has 0 saturated heterocycles. The van der Waals surface area contributed by atoms with Crippen LogP contribution in [0.2, 0.25) is 4.34 Å². The maximum atomic E-state index is 5.77. The van der Waals surface area contributed by atoms with Gasteiger partial charge in [0.25, 0.3) is 0 Å². The van der Waals surface area contributed by atoms with Crippen molar-refractivity contribution in [2.24, 2.45) is 0 Å². The molecule has 0 aromatic carbocycles. The van der Waals surface area contributed by atoms with Crippen LogP contribution in [0.25, 0.3) is 5.70 Å². The highest BCUT2D eigenvalue weighted by atomic mass is 35.5. The Hall–Kier alpha value is -0.730. The molecule has 1 aliphatic heterocycles. The molecule has 0 bridgehead atoms. The lowest BCUT2D eigenvalue weighted by Gasteiger charge is -1.93. The zero-order valence-corrected chi connectivity index (χ0v) is 7.19. The number of halogens is 1. The van der Waals surface area contributed by atoms with Crippen molar-refractivity contribution in [3.8, 4) is 0 Å². The quantitative estimate of drug-likeness (QED) is 0.634. The van der Waals surface area contributed by atoms with Crippen LogP contribution >= 0.6 is 22.9 Å². The number of nitrogens with zero attached hydrogens (tertiary/aromatic N) is 1. The van der Waals surface area contributed by atoms with Crippen LogP contribution in [0.4, 0.5) is 0 Å².